The van der Waals surface area contributed by atoms with Crippen LogP contribution in [0.3, 0.4) is 0 Å². The molecule has 22 heavy (non-hydrogen) atoms. The van der Waals surface area contributed by atoms with Crippen LogP contribution >= 0.6 is 0 Å². The summed E-state index contributed by atoms with van der Waals surface area (Å²) in [4.78, 5) is 4.56. The Morgan fingerprint density at radius 2 is 2.05 bits per heavy atom. The van der Waals surface area contributed by atoms with E-state index in [4.69, 9.17) is 5.73 Å². The number of rotatable bonds is 3. The van der Waals surface area contributed by atoms with Crippen LogP contribution in [0, 0.1) is 0 Å². The normalized spacial score (nSPS) is 21.7. The van der Waals surface area contributed by atoms with E-state index >= 15 is 0 Å². The van der Waals surface area contributed by atoms with E-state index in [1.54, 1.807) is 0 Å². The van der Waals surface area contributed by atoms with Crippen LogP contribution in [0.5, 0.6) is 0 Å². The van der Waals surface area contributed by atoms with E-state index < -0.39 is 0 Å². The number of nitrogens with one attached hydrogen (secondary N) is 1. The predicted octanol–water partition coefficient (Wildman–Crippen LogP) is 2.43. The van der Waals surface area contributed by atoms with Gasteiger partial charge in [-0.25, -0.2) is 9.67 Å². The molecule has 5 heteroatoms. The Morgan fingerprint density at radius 3 is 2.73 bits per heavy atom. The maximum atomic E-state index is 5.96. The minimum atomic E-state index is -0.0594. The van der Waals surface area contributed by atoms with Gasteiger partial charge in [0.25, 0.3) is 0 Å². The van der Waals surface area contributed by atoms with Gasteiger partial charge >= 0.3 is 0 Å². The van der Waals surface area contributed by atoms with Crippen LogP contribution in [0.4, 0.5) is 0 Å². The molecule has 1 aromatic carbocycles. The Kier molecular flexibility index (Phi) is 3.64. The molecule has 0 aliphatic heterocycles. The van der Waals surface area contributed by atoms with Crippen LogP contribution in [0.1, 0.15) is 38.7 Å². The molecule has 1 heterocycles. The molecule has 2 aromatic rings. The first-order chi connectivity index (χ1) is 10.4. The first-order valence-corrected chi connectivity index (χ1v) is 7.64. The van der Waals surface area contributed by atoms with Crippen LogP contribution in [0.2, 0.25) is 0 Å². The lowest BCUT2D eigenvalue weighted by molar-refractivity contribution is 0.508. The lowest BCUT2D eigenvalue weighted by Crippen LogP contribution is -2.45. The van der Waals surface area contributed by atoms with Crippen LogP contribution < -0.4 is 11.1 Å². The summed E-state index contributed by atoms with van der Waals surface area (Å²) in [5, 5.41) is 7.64. The van der Waals surface area contributed by atoms with Crippen molar-refractivity contribution in [1.29, 1.82) is 0 Å². The van der Waals surface area contributed by atoms with Crippen LogP contribution in [-0.4, -0.2) is 27.3 Å². The molecule has 0 amide bonds. The average Bonchev–Trinajstić information content (AvgIpc) is 3.01. The largest absolute Gasteiger partial charge is 0.370 e. The van der Waals surface area contributed by atoms with E-state index in [9.17, 15) is 0 Å². The van der Waals surface area contributed by atoms with Gasteiger partial charge in [-0.2, -0.15) is 5.10 Å². The van der Waals surface area contributed by atoms with Gasteiger partial charge in [-0.15, -0.1) is 0 Å². The molecule has 0 bridgehead atoms. The fraction of sp³-hybridized carbons (Fsp3) is 0.412. The smallest absolute Gasteiger partial charge is 0.189 e. The van der Waals surface area contributed by atoms with Gasteiger partial charge in [0.2, 0.25) is 0 Å². The number of nitrogens with zero attached hydrogens (tertiary/aromatic N) is 3. The summed E-state index contributed by atoms with van der Waals surface area (Å²) >= 11 is 0. The maximum absolute atomic E-state index is 5.96. The van der Waals surface area contributed by atoms with Crippen molar-refractivity contribution in [3.8, 4) is 5.69 Å². The number of hydrogen-bond acceptors (Lipinski definition) is 2. The van der Waals surface area contributed by atoms with Gasteiger partial charge in [0.1, 0.15) is 0 Å². The number of aromatic nitrogens is 2. The zero-order valence-electron chi connectivity index (χ0n) is 13.3. The van der Waals surface area contributed by atoms with Crippen LogP contribution in [-0.2, 0) is 0 Å². The molecular formula is C17H23N5. The van der Waals surface area contributed by atoms with Crippen molar-refractivity contribution in [2.45, 2.75) is 44.7 Å². The lowest BCUT2D eigenvalue weighted by atomic mass is 10.1. The highest BCUT2D eigenvalue weighted by Gasteiger charge is 2.39. The van der Waals surface area contributed by atoms with Crippen molar-refractivity contribution < 1.29 is 0 Å². The maximum Gasteiger partial charge on any atom is 0.189 e. The Bertz CT molecular complexity index is 666. The molecule has 0 unspecified atom stereocenters. The number of para-hydroxylation sites is 1. The SMILES string of the molecule is CC(C)(C)NC(N)=N[C@@H]1C[C@H]1c1cnn(-c2ccccc2)c1. The van der Waals surface area contributed by atoms with Crippen molar-refractivity contribution >= 4 is 5.96 Å². The number of benzene rings is 1. The fourth-order valence-electron chi connectivity index (χ4n) is 2.53. The van der Waals surface area contributed by atoms with Gasteiger partial charge in [-0.3, -0.25) is 0 Å². The highest BCUT2D eigenvalue weighted by molar-refractivity contribution is 5.79. The molecule has 1 fully saturated rings. The first-order valence-electron chi connectivity index (χ1n) is 7.64. The zero-order chi connectivity index (χ0) is 15.7. The van der Waals surface area contributed by atoms with Crippen LogP contribution in [0.15, 0.2) is 47.7 Å². The standard InChI is InChI=1S/C17H23N5/c1-17(2,3)21-16(18)20-15-9-14(15)12-10-19-22(11-12)13-7-5-4-6-8-13/h4-8,10-11,14-15H,9H2,1-3H3,(H3,18,20,21)/t14-,15+/m0/s1. The average molecular weight is 297 g/mol. The quantitative estimate of drug-likeness (QED) is 0.675. The van der Waals surface area contributed by atoms with Gasteiger partial charge in [-0.1, -0.05) is 18.2 Å². The molecule has 2 atom stereocenters. The Balaban J connectivity index is 1.66. The second-order valence-corrected chi connectivity index (χ2v) is 6.85. The molecule has 0 radical (unpaired) electrons. The van der Waals surface area contributed by atoms with Crippen molar-refractivity contribution in [2.24, 2.45) is 10.7 Å². The number of guanidine groups is 1. The van der Waals surface area contributed by atoms with Gasteiger partial charge in [0.05, 0.1) is 17.9 Å². The van der Waals surface area contributed by atoms with Crippen molar-refractivity contribution in [1.82, 2.24) is 15.1 Å². The lowest BCUT2D eigenvalue weighted by Gasteiger charge is -2.20. The van der Waals surface area contributed by atoms with E-state index in [1.165, 1.54) is 5.56 Å². The van der Waals surface area contributed by atoms with Gasteiger partial charge in [0, 0.05) is 17.7 Å². The highest BCUT2D eigenvalue weighted by Crippen LogP contribution is 2.43. The van der Waals surface area contributed by atoms with E-state index in [1.807, 2.05) is 41.2 Å². The van der Waals surface area contributed by atoms with E-state index in [0.29, 0.717) is 11.9 Å². The molecule has 1 aromatic heterocycles. The topological polar surface area (TPSA) is 68.2 Å². The first kappa shape index (κ1) is 14.6. The Labute approximate surface area is 131 Å². The summed E-state index contributed by atoms with van der Waals surface area (Å²) in [7, 11) is 0. The molecule has 5 nitrogen and oxygen atoms in total. The molecular weight excluding hydrogens is 274 g/mol. The van der Waals surface area contributed by atoms with E-state index in [-0.39, 0.29) is 11.6 Å². The summed E-state index contributed by atoms with van der Waals surface area (Å²) in [6, 6.07) is 10.4. The second kappa shape index (κ2) is 5.48. The monoisotopic (exact) mass is 297 g/mol. The molecule has 1 aliphatic rings. The summed E-state index contributed by atoms with van der Waals surface area (Å²) in [5.41, 5.74) is 8.19. The summed E-state index contributed by atoms with van der Waals surface area (Å²) in [6.45, 7) is 6.22. The Hall–Kier alpha value is -2.30. The third-order valence-electron chi connectivity index (χ3n) is 3.62. The van der Waals surface area contributed by atoms with Gasteiger partial charge in [0.15, 0.2) is 5.96 Å². The van der Waals surface area contributed by atoms with Crippen molar-refractivity contribution in [3.05, 3.63) is 48.3 Å². The van der Waals surface area contributed by atoms with Gasteiger partial charge in [-0.05, 0) is 44.9 Å². The molecule has 0 spiro atoms. The molecule has 116 valence electrons. The summed E-state index contributed by atoms with van der Waals surface area (Å²) in [6.07, 6.45) is 5.05. The zero-order valence-corrected chi connectivity index (χ0v) is 13.3. The van der Waals surface area contributed by atoms with E-state index in [2.05, 4.69) is 42.4 Å². The fourth-order valence-corrected chi connectivity index (χ4v) is 2.53. The van der Waals surface area contributed by atoms with Gasteiger partial charge < -0.3 is 11.1 Å². The minimum absolute atomic E-state index is 0.0594. The molecule has 1 saturated carbocycles. The number of hydrogen-bond donors (Lipinski definition) is 2. The number of nitrogens with two attached hydrogens (primary N) is 1. The molecule has 3 rings (SSSR count). The third-order valence-corrected chi connectivity index (χ3v) is 3.62. The summed E-state index contributed by atoms with van der Waals surface area (Å²) in [5.74, 6) is 0.952. The highest BCUT2D eigenvalue weighted by atomic mass is 15.3. The predicted molar refractivity (Wildman–Crippen MR) is 89.2 cm³/mol. The van der Waals surface area contributed by atoms with E-state index in [0.717, 1.165) is 12.1 Å². The minimum Gasteiger partial charge on any atom is -0.370 e. The molecule has 1 aliphatic carbocycles. The molecule has 3 N–H and O–H groups in total. The summed E-state index contributed by atoms with van der Waals surface area (Å²) < 4.78 is 1.91. The molecule has 0 saturated heterocycles. The van der Waals surface area contributed by atoms with Crippen molar-refractivity contribution in [3.63, 3.8) is 0 Å². The number of aliphatic imine (C=N–C) groups is 1. The van der Waals surface area contributed by atoms with Crippen LogP contribution in [0.25, 0.3) is 5.69 Å². The Morgan fingerprint density at radius 1 is 1.32 bits per heavy atom. The third kappa shape index (κ3) is 3.47. The second-order valence-electron chi connectivity index (χ2n) is 6.85. The van der Waals surface area contributed by atoms with Crippen molar-refractivity contribution in [2.75, 3.05) is 0 Å².